The van der Waals surface area contributed by atoms with Crippen LogP contribution in [0.4, 0.5) is 0 Å². The molecule has 2 aromatic rings. The minimum atomic E-state index is 0.230. The molecular weight excluding hydrogens is 222 g/mol. The van der Waals surface area contributed by atoms with E-state index in [4.69, 9.17) is 5.11 Å². The second-order valence-corrected chi connectivity index (χ2v) is 4.87. The number of nitrogens with one attached hydrogen (secondary N) is 1. The Balaban J connectivity index is 2.08. The molecule has 2 heterocycles. The van der Waals surface area contributed by atoms with Gasteiger partial charge in [-0.1, -0.05) is 0 Å². The van der Waals surface area contributed by atoms with Crippen LogP contribution >= 0.6 is 11.3 Å². The Morgan fingerprint density at radius 2 is 2.44 bits per heavy atom. The number of hydrogen-bond donors (Lipinski definition) is 2. The van der Waals surface area contributed by atoms with E-state index in [0.29, 0.717) is 6.04 Å². The number of aliphatic hydroxyl groups is 1. The van der Waals surface area contributed by atoms with Gasteiger partial charge in [-0.3, -0.25) is 4.40 Å². The van der Waals surface area contributed by atoms with E-state index in [2.05, 4.69) is 21.6 Å². The van der Waals surface area contributed by atoms with Crippen LogP contribution in [0.1, 0.15) is 24.7 Å². The average Bonchev–Trinajstić information content (AvgIpc) is 2.76. The fourth-order valence-electron chi connectivity index (χ4n) is 1.72. The van der Waals surface area contributed by atoms with Crippen molar-refractivity contribution in [1.29, 1.82) is 0 Å². The molecule has 0 bridgehead atoms. The molecule has 1 atom stereocenters. The molecule has 0 spiro atoms. The maximum Gasteiger partial charge on any atom is 0.194 e. The van der Waals surface area contributed by atoms with Crippen LogP contribution in [0.2, 0.25) is 0 Å². The zero-order chi connectivity index (χ0) is 11.5. The molecule has 5 heteroatoms. The fraction of sp³-hybridized carbons (Fsp3) is 0.545. The number of aromatic nitrogens is 2. The van der Waals surface area contributed by atoms with E-state index in [0.717, 1.165) is 23.6 Å². The third kappa shape index (κ3) is 2.26. The standard InChI is InChI=1S/C11H17N3OS/c1-8(3-5-15)12-7-10-9(2)13-11-14(10)4-6-16-11/h4,6,8,12,15H,3,5,7H2,1-2H3. The maximum absolute atomic E-state index is 8.83. The molecule has 88 valence electrons. The van der Waals surface area contributed by atoms with Crippen LogP contribution in [0, 0.1) is 6.92 Å². The molecule has 4 nitrogen and oxygen atoms in total. The first-order chi connectivity index (χ1) is 7.72. The lowest BCUT2D eigenvalue weighted by molar-refractivity contribution is 0.268. The Hall–Kier alpha value is -0.910. The average molecular weight is 239 g/mol. The van der Waals surface area contributed by atoms with Crippen molar-refractivity contribution in [3.05, 3.63) is 23.0 Å². The molecule has 0 saturated carbocycles. The smallest absolute Gasteiger partial charge is 0.194 e. The van der Waals surface area contributed by atoms with Crippen molar-refractivity contribution in [3.8, 4) is 0 Å². The molecular formula is C11H17N3OS. The highest BCUT2D eigenvalue weighted by molar-refractivity contribution is 7.15. The van der Waals surface area contributed by atoms with Gasteiger partial charge in [0.25, 0.3) is 0 Å². The number of hydrogen-bond acceptors (Lipinski definition) is 4. The summed E-state index contributed by atoms with van der Waals surface area (Å²) in [6.07, 6.45) is 2.83. The lowest BCUT2D eigenvalue weighted by Gasteiger charge is -2.12. The zero-order valence-corrected chi connectivity index (χ0v) is 10.4. The summed E-state index contributed by atoms with van der Waals surface area (Å²) in [6, 6.07) is 0.327. The van der Waals surface area contributed by atoms with Crippen molar-refractivity contribution in [3.63, 3.8) is 0 Å². The summed E-state index contributed by atoms with van der Waals surface area (Å²) in [6.45, 7) is 5.14. The molecule has 0 amide bonds. The van der Waals surface area contributed by atoms with Crippen LogP contribution in [0.15, 0.2) is 11.6 Å². The van der Waals surface area contributed by atoms with Crippen molar-refractivity contribution in [2.24, 2.45) is 0 Å². The molecule has 2 aromatic heterocycles. The molecule has 2 rings (SSSR count). The molecule has 0 aliphatic heterocycles. The summed E-state index contributed by atoms with van der Waals surface area (Å²) < 4.78 is 2.12. The highest BCUT2D eigenvalue weighted by Crippen LogP contribution is 2.16. The van der Waals surface area contributed by atoms with Gasteiger partial charge in [-0.2, -0.15) is 0 Å². The van der Waals surface area contributed by atoms with Gasteiger partial charge in [0.15, 0.2) is 4.96 Å². The minimum absolute atomic E-state index is 0.230. The van der Waals surface area contributed by atoms with E-state index in [1.54, 1.807) is 11.3 Å². The van der Waals surface area contributed by atoms with Crippen molar-refractivity contribution < 1.29 is 5.11 Å². The Morgan fingerprint density at radius 3 is 3.19 bits per heavy atom. The van der Waals surface area contributed by atoms with Gasteiger partial charge in [0, 0.05) is 30.8 Å². The SMILES string of the molecule is Cc1nc2sccn2c1CNC(C)CCO. The number of thiazole rings is 1. The molecule has 0 aromatic carbocycles. The summed E-state index contributed by atoms with van der Waals surface area (Å²) in [5.41, 5.74) is 2.29. The second-order valence-electron chi connectivity index (χ2n) is 3.99. The summed E-state index contributed by atoms with van der Waals surface area (Å²) in [5, 5.41) is 14.3. The monoisotopic (exact) mass is 239 g/mol. The minimum Gasteiger partial charge on any atom is -0.396 e. The van der Waals surface area contributed by atoms with Crippen molar-refractivity contribution in [2.45, 2.75) is 32.9 Å². The summed E-state index contributed by atoms with van der Waals surface area (Å²) >= 11 is 1.65. The number of imidazole rings is 1. The van der Waals surface area contributed by atoms with E-state index in [1.807, 2.05) is 18.5 Å². The van der Waals surface area contributed by atoms with Crippen molar-refractivity contribution in [2.75, 3.05) is 6.61 Å². The van der Waals surface area contributed by atoms with Gasteiger partial charge < -0.3 is 10.4 Å². The molecule has 1 unspecified atom stereocenters. The van der Waals surface area contributed by atoms with Crippen molar-refractivity contribution in [1.82, 2.24) is 14.7 Å². The van der Waals surface area contributed by atoms with Crippen molar-refractivity contribution >= 4 is 16.3 Å². The van der Waals surface area contributed by atoms with Crippen LogP contribution in [-0.2, 0) is 6.54 Å². The Kier molecular flexibility index (Phi) is 3.58. The molecule has 0 saturated heterocycles. The largest absolute Gasteiger partial charge is 0.396 e. The van der Waals surface area contributed by atoms with Crippen LogP contribution in [0.5, 0.6) is 0 Å². The van der Waals surface area contributed by atoms with Gasteiger partial charge in [-0.05, 0) is 20.3 Å². The lowest BCUT2D eigenvalue weighted by Crippen LogP contribution is -2.27. The van der Waals surface area contributed by atoms with Gasteiger partial charge in [0.1, 0.15) is 0 Å². The van der Waals surface area contributed by atoms with E-state index < -0.39 is 0 Å². The van der Waals surface area contributed by atoms with E-state index in [9.17, 15) is 0 Å². The van der Waals surface area contributed by atoms with Gasteiger partial charge in [-0.25, -0.2) is 4.98 Å². The Bertz CT molecular complexity index is 463. The van der Waals surface area contributed by atoms with Gasteiger partial charge in [-0.15, -0.1) is 11.3 Å². The number of rotatable bonds is 5. The highest BCUT2D eigenvalue weighted by atomic mass is 32.1. The Labute approximate surface area is 98.9 Å². The van der Waals surface area contributed by atoms with E-state index >= 15 is 0 Å². The van der Waals surface area contributed by atoms with Crippen LogP contribution in [-0.4, -0.2) is 27.1 Å². The summed E-state index contributed by atoms with van der Waals surface area (Å²) in [5.74, 6) is 0. The van der Waals surface area contributed by atoms with Gasteiger partial charge in [0.2, 0.25) is 0 Å². The normalized spacial score (nSPS) is 13.4. The quantitative estimate of drug-likeness (QED) is 0.832. The van der Waals surface area contributed by atoms with E-state index in [1.165, 1.54) is 5.69 Å². The predicted octanol–water partition coefficient (Wildman–Crippen LogP) is 1.56. The molecule has 0 aliphatic carbocycles. The summed E-state index contributed by atoms with van der Waals surface area (Å²) in [7, 11) is 0. The Morgan fingerprint density at radius 1 is 1.62 bits per heavy atom. The molecule has 0 fully saturated rings. The van der Waals surface area contributed by atoms with Crippen LogP contribution < -0.4 is 5.32 Å². The third-order valence-electron chi connectivity index (χ3n) is 2.74. The predicted molar refractivity (Wildman–Crippen MR) is 65.8 cm³/mol. The highest BCUT2D eigenvalue weighted by Gasteiger charge is 2.10. The summed E-state index contributed by atoms with van der Waals surface area (Å²) in [4.78, 5) is 5.53. The molecule has 2 N–H and O–H groups in total. The molecule has 0 aliphatic rings. The van der Waals surface area contributed by atoms with Crippen LogP contribution in [0.25, 0.3) is 4.96 Å². The third-order valence-corrected chi connectivity index (χ3v) is 3.50. The topological polar surface area (TPSA) is 49.6 Å². The molecule has 16 heavy (non-hydrogen) atoms. The number of aryl methyl sites for hydroxylation is 1. The van der Waals surface area contributed by atoms with E-state index in [-0.39, 0.29) is 6.61 Å². The fourth-order valence-corrected chi connectivity index (χ4v) is 2.50. The number of nitrogens with zero attached hydrogens (tertiary/aromatic N) is 2. The van der Waals surface area contributed by atoms with Gasteiger partial charge in [0.05, 0.1) is 11.4 Å². The number of fused-ring (bicyclic) bond motifs is 1. The first-order valence-corrected chi connectivity index (χ1v) is 6.35. The second kappa shape index (κ2) is 4.95. The van der Waals surface area contributed by atoms with Gasteiger partial charge >= 0.3 is 0 Å². The molecule has 0 radical (unpaired) electrons. The maximum atomic E-state index is 8.83. The lowest BCUT2D eigenvalue weighted by atomic mass is 10.2. The first-order valence-electron chi connectivity index (χ1n) is 5.47. The zero-order valence-electron chi connectivity index (χ0n) is 9.60. The first kappa shape index (κ1) is 11.6. The van der Waals surface area contributed by atoms with Crippen LogP contribution in [0.3, 0.4) is 0 Å². The number of aliphatic hydroxyl groups excluding tert-OH is 1.